The minimum Gasteiger partial charge on any atom is -0.357 e. The molecule has 0 radical (unpaired) electrons. The standard InChI is InChI=1S/C21H33F3N6O.HI/c1-5-25-20(30-11-9-29(10-12-30)16(2)21(22,23)24)26-14-17-7-6-8-18(13-17)27-19(31)15-28(3)4;/h6-8,13,16H,5,9-12,14-15H2,1-4H3,(H,25,26)(H,27,31);1H. The number of hydrogen-bond acceptors (Lipinski definition) is 4. The maximum atomic E-state index is 13.0. The van der Waals surface area contributed by atoms with Crippen molar-refractivity contribution in [1.82, 2.24) is 20.0 Å². The van der Waals surface area contributed by atoms with E-state index in [9.17, 15) is 18.0 Å². The molecule has 11 heteroatoms. The van der Waals surface area contributed by atoms with Gasteiger partial charge in [-0.3, -0.25) is 9.69 Å². The van der Waals surface area contributed by atoms with Crippen molar-refractivity contribution in [2.45, 2.75) is 32.6 Å². The number of nitrogens with one attached hydrogen (secondary N) is 2. The van der Waals surface area contributed by atoms with Gasteiger partial charge < -0.3 is 20.4 Å². The van der Waals surface area contributed by atoms with E-state index in [1.165, 1.54) is 11.8 Å². The average molecular weight is 570 g/mol. The molecule has 182 valence electrons. The number of likely N-dealkylation sites (N-methyl/N-ethyl adjacent to an activating group) is 1. The molecule has 0 spiro atoms. The second kappa shape index (κ2) is 13.2. The number of carbonyl (C=O) groups is 1. The topological polar surface area (TPSA) is 63.2 Å². The smallest absolute Gasteiger partial charge is 0.357 e. The Kier molecular flexibility index (Phi) is 11.7. The molecule has 2 N–H and O–H groups in total. The summed E-state index contributed by atoms with van der Waals surface area (Å²) in [7, 11) is 3.66. The number of alkyl halides is 3. The van der Waals surface area contributed by atoms with Gasteiger partial charge in [-0.25, -0.2) is 4.99 Å². The SMILES string of the molecule is CCNC(=NCc1cccc(NC(=O)CN(C)C)c1)N1CCN(C(C)C(F)(F)F)CC1.I. The highest BCUT2D eigenvalue weighted by Gasteiger charge is 2.41. The molecule has 0 aromatic heterocycles. The number of amides is 1. The van der Waals surface area contributed by atoms with Crippen LogP contribution in [-0.2, 0) is 11.3 Å². The predicted molar refractivity (Wildman–Crippen MR) is 133 cm³/mol. The van der Waals surface area contributed by atoms with Crippen LogP contribution in [0.25, 0.3) is 0 Å². The second-order valence-electron chi connectivity index (χ2n) is 7.90. The quantitative estimate of drug-likeness (QED) is 0.300. The third-order valence-corrected chi connectivity index (χ3v) is 5.05. The van der Waals surface area contributed by atoms with Gasteiger partial charge in [-0.15, -0.1) is 24.0 Å². The zero-order valence-corrected chi connectivity index (χ0v) is 21.4. The van der Waals surface area contributed by atoms with E-state index in [0.717, 1.165) is 5.56 Å². The second-order valence-corrected chi connectivity index (χ2v) is 7.90. The number of benzene rings is 1. The number of nitrogens with zero attached hydrogens (tertiary/aromatic N) is 4. The fourth-order valence-electron chi connectivity index (χ4n) is 3.36. The van der Waals surface area contributed by atoms with Crippen molar-refractivity contribution in [3.63, 3.8) is 0 Å². The molecule has 1 saturated heterocycles. The minimum absolute atomic E-state index is 0. The Balaban J connectivity index is 0.00000512. The van der Waals surface area contributed by atoms with Crippen molar-refractivity contribution < 1.29 is 18.0 Å². The van der Waals surface area contributed by atoms with Gasteiger partial charge in [0, 0.05) is 38.4 Å². The van der Waals surface area contributed by atoms with E-state index >= 15 is 0 Å². The summed E-state index contributed by atoms with van der Waals surface area (Å²) in [4.78, 5) is 21.9. The van der Waals surface area contributed by atoms with Crippen molar-refractivity contribution >= 4 is 41.5 Å². The van der Waals surface area contributed by atoms with E-state index in [-0.39, 0.29) is 29.9 Å². The Bertz CT molecular complexity index is 751. The molecular formula is C21H34F3IN6O. The molecule has 1 aromatic rings. The molecule has 1 aliphatic heterocycles. The summed E-state index contributed by atoms with van der Waals surface area (Å²) in [5.74, 6) is 0.591. The molecule has 1 aromatic carbocycles. The number of halogens is 4. The Morgan fingerprint density at radius 3 is 2.44 bits per heavy atom. The first-order chi connectivity index (χ1) is 14.6. The number of rotatable bonds is 7. The molecule has 0 bridgehead atoms. The molecule has 1 unspecified atom stereocenters. The Morgan fingerprint density at radius 1 is 1.22 bits per heavy atom. The third-order valence-electron chi connectivity index (χ3n) is 5.05. The van der Waals surface area contributed by atoms with Crippen molar-refractivity contribution in [2.24, 2.45) is 4.99 Å². The predicted octanol–water partition coefficient (Wildman–Crippen LogP) is 2.84. The summed E-state index contributed by atoms with van der Waals surface area (Å²) in [5, 5.41) is 6.09. The van der Waals surface area contributed by atoms with Gasteiger partial charge in [0.05, 0.1) is 13.1 Å². The lowest BCUT2D eigenvalue weighted by atomic mass is 10.2. The van der Waals surface area contributed by atoms with E-state index in [0.29, 0.717) is 57.5 Å². The van der Waals surface area contributed by atoms with Crippen molar-refractivity contribution in [2.75, 3.05) is 58.7 Å². The van der Waals surface area contributed by atoms with Gasteiger partial charge in [-0.05, 0) is 45.6 Å². The third kappa shape index (κ3) is 9.10. The molecule has 0 aliphatic carbocycles. The van der Waals surface area contributed by atoms with Crippen molar-refractivity contribution in [1.29, 1.82) is 0 Å². The average Bonchev–Trinajstić information content (AvgIpc) is 2.69. The molecule has 1 atom stereocenters. The number of carbonyl (C=O) groups excluding carboxylic acids is 1. The number of piperazine rings is 1. The molecule has 0 saturated carbocycles. The summed E-state index contributed by atoms with van der Waals surface area (Å²) in [6, 6.07) is 6.05. The van der Waals surface area contributed by atoms with Crippen LogP contribution in [0, 0.1) is 0 Å². The van der Waals surface area contributed by atoms with E-state index < -0.39 is 12.2 Å². The summed E-state index contributed by atoms with van der Waals surface area (Å²) in [5.41, 5.74) is 1.64. The normalized spacial score (nSPS) is 16.5. The lowest BCUT2D eigenvalue weighted by Gasteiger charge is -2.39. The van der Waals surface area contributed by atoms with Gasteiger partial charge in [-0.2, -0.15) is 13.2 Å². The molecule has 7 nitrogen and oxygen atoms in total. The van der Waals surface area contributed by atoms with Gasteiger partial charge in [0.1, 0.15) is 6.04 Å². The van der Waals surface area contributed by atoms with Crippen LogP contribution in [0.5, 0.6) is 0 Å². The summed E-state index contributed by atoms with van der Waals surface area (Å²) < 4.78 is 38.9. The first kappa shape index (κ1) is 28.4. The number of anilines is 1. The monoisotopic (exact) mass is 570 g/mol. The molecule has 2 rings (SSSR count). The van der Waals surface area contributed by atoms with E-state index in [4.69, 9.17) is 0 Å². The molecule has 1 fully saturated rings. The zero-order chi connectivity index (χ0) is 23.0. The fourth-order valence-corrected chi connectivity index (χ4v) is 3.36. The van der Waals surface area contributed by atoms with Crippen LogP contribution in [0.3, 0.4) is 0 Å². The lowest BCUT2D eigenvalue weighted by molar-refractivity contribution is -0.181. The molecule has 1 amide bonds. The number of guanidine groups is 1. The highest BCUT2D eigenvalue weighted by Crippen LogP contribution is 2.25. The van der Waals surface area contributed by atoms with E-state index in [1.807, 2.05) is 50.2 Å². The lowest BCUT2D eigenvalue weighted by Crippen LogP contribution is -2.56. The Labute approximate surface area is 205 Å². The van der Waals surface area contributed by atoms with Crippen LogP contribution < -0.4 is 10.6 Å². The van der Waals surface area contributed by atoms with Crippen LogP contribution in [0.1, 0.15) is 19.4 Å². The van der Waals surface area contributed by atoms with Crippen molar-refractivity contribution in [3.8, 4) is 0 Å². The Hall–Kier alpha value is -1.60. The van der Waals surface area contributed by atoms with Gasteiger partial charge in [0.2, 0.25) is 5.91 Å². The molecule has 1 aliphatic rings. The summed E-state index contributed by atoms with van der Waals surface area (Å²) in [6.45, 7) is 6.15. The van der Waals surface area contributed by atoms with Crippen molar-refractivity contribution in [3.05, 3.63) is 29.8 Å². The number of hydrogen-bond donors (Lipinski definition) is 2. The van der Waals surface area contributed by atoms with Gasteiger partial charge in [0.15, 0.2) is 5.96 Å². The van der Waals surface area contributed by atoms with Crippen LogP contribution >= 0.6 is 24.0 Å². The van der Waals surface area contributed by atoms with Crippen LogP contribution in [0.2, 0.25) is 0 Å². The molecule has 32 heavy (non-hydrogen) atoms. The largest absolute Gasteiger partial charge is 0.403 e. The van der Waals surface area contributed by atoms with Crippen LogP contribution in [0.15, 0.2) is 29.3 Å². The highest BCUT2D eigenvalue weighted by atomic mass is 127. The number of aliphatic imine (C=N–C) groups is 1. The Morgan fingerprint density at radius 2 is 1.88 bits per heavy atom. The first-order valence-electron chi connectivity index (χ1n) is 10.5. The first-order valence-corrected chi connectivity index (χ1v) is 10.5. The fraction of sp³-hybridized carbons (Fsp3) is 0.619. The molecular weight excluding hydrogens is 536 g/mol. The van der Waals surface area contributed by atoms with Gasteiger partial charge >= 0.3 is 6.18 Å². The van der Waals surface area contributed by atoms with Crippen LogP contribution in [-0.4, -0.2) is 92.1 Å². The summed E-state index contributed by atoms with van der Waals surface area (Å²) in [6.07, 6.45) is -4.21. The van der Waals surface area contributed by atoms with Gasteiger partial charge in [0.25, 0.3) is 0 Å². The minimum atomic E-state index is -4.21. The zero-order valence-electron chi connectivity index (χ0n) is 19.1. The van der Waals surface area contributed by atoms with E-state index in [2.05, 4.69) is 15.6 Å². The maximum absolute atomic E-state index is 13.0. The highest BCUT2D eigenvalue weighted by molar-refractivity contribution is 14.0. The van der Waals surface area contributed by atoms with E-state index in [1.54, 1.807) is 4.90 Å². The maximum Gasteiger partial charge on any atom is 0.403 e. The van der Waals surface area contributed by atoms with Gasteiger partial charge in [-0.1, -0.05) is 12.1 Å². The van der Waals surface area contributed by atoms with Crippen LogP contribution in [0.4, 0.5) is 18.9 Å². The summed E-state index contributed by atoms with van der Waals surface area (Å²) >= 11 is 0. The molecule has 1 heterocycles.